The lowest BCUT2D eigenvalue weighted by atomic mass is 9.89. The summed E-state index contributed by atoms with van der Waals surface area (Å²) in [4.78, 5) is 12.9. The molecule has 0 bridgehead atoms. The number of nitrogens with one attached hydrogen (secondary N) is 1. The SMILES string of the molecule is CSN1CCc2c(c(-c3ccc(C(F)(F)F)cc3)nn2CC(O)CN2CCC(c3c[nH]c4nc(N5CCOCC5)ccc34)CC2)C1. The first kappa shape index (κ1) is 31.5. The van der Waals surface area contributed by atoms with Crippen LogP contribution in [0.15, 0.2) is 42.6 Å². The van der Waals surface area contributed by atoms with Crippen LogP contribution in [0.2, 0.25) is 0 Å². The van der Waals surface area contributed by atoms with Crippen LogP contribution >= 0.6 is 11.9 Å². The molecule has 2 saturated heterocycles. The van der Waals surface area contributed by atoms with E-state index in [-0.39, 0.29) is 0 Å². The molecule has 3 aliphatic heterocycles. The summed E-state index contributed by atoms with van der Waals surface area (Å²) >= 11 is 1.65. The summed E-state index contributed by atoms with van der Waals surface area (Å²) < 4.78 is 49.2. The average Bonchev–Trinajstić information content (AvgIpc) is 3.66. The number of benzene rings is 1. The number of halogens is 3. The number of β-amino-alcohol motifs (C(OH)–C–C–N with tert-alkyl or cyclic N) is 1. The fourth-order valence-electron chi connectivity index (χ4n) is 7.13. The number of pyridine rings is 1. The molecule has 0 radical (unpaired) electrons. The molecule has 13 heteroatoms. The predicted octanol–water partition coefficient (Wildman–Crippen LogP) is 5.16. The smallest absolute Gasteiger partial charge is 0.390 e. The van der Waals surface area contributed by atoms with E-state index in [4.69, 9.17) is 14.8 Å². The van der Waals surface area contributed by atoms with E-state index in [1.165, 1.54) is 23.1 Å². The van der Waals surface area contributed by atoms with Crippen molar-refractivity contribution >= 4 is 28.8 Å². The number of H-pyrrole nitrogens is 1. The lowest BCUT2D eigenvalue weighted by Crippen LogP contribution is -2.40. The minimum Gasteiger partial charge on any atom is -0.390 e. The first-order valence-corrected chi connectivity index (χ1v) is 17.2. The van der Waals surface area contributed by atoms with E-state index in [0.29, 0.717) is 36.8 Å². The molecule has 46 heavy (non-hydrogen) atoms. The van der Waals surface area contributed by atoms with Gasteiger partial charge in [0.25, 0.3) is 0 Å². The van der Waals surface area contributed by atoms with Crippen molar-refractivity contribution in [2.75, 3.05) is 63.6 Å². The number of likely N-dealkylation sites (tertiary alicyclic amines) is 1. The van der Waals surface area contributed by atoms with Gasteiger partial charge in [0.05, 0.1) is 37.1 Å². The Labute approximate surface area is 270 Å². The molecule has 1 unspecified atom stereocenters. The van der Waals surface area contributed by atoms with Crippen LogP contribution in [0.25, 0.3) is 22.3 Å². The van der Waals surface area contributed by atoms with Crippen molar-refractivity contribution in [3.05, 3.63) is 65.0 Å². The fraction of sp³-hybridized carbons (Fsp3) is 0.515. The number of hydrogen-bond acceptors (Lipinski definition) is 8. The average molecular weight is 656 g/mol. The molecule has 0 amide bonds. The molecule has 6 heterocycles. The Bertz CT molecular complexity index is 1640. The number of aliphatic hydroxyl groups is 1. The van der Waals surface area contributed by atoms with Gasteiger partial charge in [-0.3, -0.25) is 4.68 Å². The Balaban J connectivity index is 0.996. The van der Waals surface area contributed by atoms with Crippen molar-refractivity contribution in [2.45, 2.75) is 50.6 Å². The molecule has 3 aliphatic rings. The first-order valence-electron chi connectivity index (χ1n) is 16.0. The van der Waals surface area contributed by atoms with Crippen LogP contribution in [-0.2, 0) is 30.4 Å². The monoisotopic (exact) mass is 655 g/mol. The Kier molecular flexibility index (Phi) is 9.03. The second-order valence-corrected chi connectivity index (χ2v) is 13.3. The van der Waals surface area contributed by atoms with Crippen molar-refractivity contribution in [3.63, 3.8) is 0 Å². The van der Waals surface area contributed by atoms with Gasteiger partial charge in [-0.15, -0.1) is 0 Å². The van der Waals surface area contributed by atoms with E-state index in [0.717, 1.165) is 100 Å². The number of piperidine rings is 1. The molecule has 0 saturated carbocycles. The number of aromatic nitrogens is 4. The third-order valence-electron chi connectivity index (χ3n) is 9.61. The number of aromatic amines is 1. The normalized spacial score (nSPS) is 19.5. The van der Waals surface area contributed by atoms with Crippen LogP contribution in [0, 0.1) is 0 Å². The lowest BCUT2D eigenvalue weighted by Gasteiger charge is -2.33. The molecule has 3 aromatic heterocycles. The molecule has 2 fully saturated rings. The number of fused-ring (bicyclic) bond motifs is 2. The van der Waals surface area contributed by atoms with E-state index in [2.05, 4.69) is 37.4 Å². The van der Waals surface area contributed by atoms with Gasteiger partial charge in [-0.1, -0.05) is 24.1 Å². The van der Waals surface area contributed by atoms with Gasteiger partial charge in [-0.25, -0.2) is 9.29 Å². The van der Waals surface area contributed by atoms with Gasteiger partial charge >= 0.3 is 6.18 Å². The van der Waals surface area contributed by atoms with Crippen LogP contribution in [0.3, 0.4) is 0 Å². The Morgan fingerprint density at radius 1 is 1.02 bits per heavy atom. The van der Waals surface area contributed by atoms with Crippen LogP contribution in [0.1, 0.15) is 41.1 Å². The molecule has 0 spiro atoms. The number of aliphatic hydroxyl groups excluding tert-OH is 1. The molecule has 7 rings (SSSR count). The summed E-state index contributed by atoms with van der Waals surface area (Å²) in [6.07, 6.45) is 1.92. The van der Waals surface area contributed by atoms with E-state index in [1.807, 2.05) is 10.9 Å². The Hall–Kier alpha value is -3.10. The number of morpholine rings is 1. The summed E-state index contributed by atoms with van der Waals surface area (Å²) in [7, 11) is 0. The zero-order valence-corrected chi connectivity index (χ0v) is 26.8. The van der Waals surface area contributed by atoms with Gasteiger partial charge in [0.2, 0.25) is 0 Å². The van der Waals surface area contributed by atoms with Crippen molar-refractivity contribution in [2.24, 2.45) is 0 Å². The van der Waals surface area contributed by atoms with E-state index >= 15 is 0 Å². The second kappa shape index (κ2) is 13.2. The molecule has 246 valence electrons. The van der Waals surface area contributed by atoms with Crippen molar-refractivity contribution in [3.8, 4) is 11.3 Å². The molecular weight excluding hydrogens is 615 g/mol. The number of alkyl halides is 3. The van der Waals surface area contributed by atoms with Crippen molar-refractivity contribution < 1.29 is 23.0 Å². The van der Waals surface area contributed by atoms with E-state index in [9.17, 15) is 18.3 Å². The highest BCUT2D eigenvalue weighted by molar-refractivity contribution is 7.96. The highest BCUT2D eigenvalue weighted by Crippen LogP contribution is 2.36. The minimum absolute atomic E-state index is 0.349. The number of hydrogen-bond donors (Lipinski definition) is 2. The summed E-state index contributed by atoms with van der Waals surface area (Å²) in [6.45, 7) is 7.37. The second-order valence-electron chi connectivity index (χ2n) is 12.5. The summed E-state index contributed by atoms with van der Waals surface area (Å²) in [5.74, 6) is 1.42. The van der Waals surface area contributed by atoms with Crippen LogP contribution in [-0.4, -0.2) is 98.9 Å². The molecule has 4 aromatic rings. The molecular formula is C33H40F3N7O2S. The van der Waals surface area contributed by atoms with Crippen molar-refractivity contribution in [1.82, 2.24) is 29.0 Å². The molecule has 1 aromatic carbocycles. The molecule has 0 aliphatic carbocycles. The Morgan fingerprint density at radius 2 is 1.78 bits per heavy atom. The quantitative estimate of drug-likeness (QED) is 0.252. The summed E-state index contributed by atoms with van der Waals surface area (Å²) in [5.41, 5.74) is 5.01. The zero-order chi connectivity index (χ0) is 31.8. The van der Waals surface area contributed by atoms with Gasteiger partial charge in [-0.05, 0) is 67.9 Å². The van der Waals surface area contributed by atoms with Gasteiger partial charge in [-0.2, -0.15) is 18.3 Å². The number of ether oxygens (including phenoxy) is 1. The maximum atomic E-state index is 13.2. The zero-order valence-electron chi connectivity index (χ0n) is 26.0. The molecule has 9 nitrogen and oxygen atoms in total. The predicted molar refractivity (Wildman–Crippen MR) is 174 cm³/mol. The van der Waals surface area contributed by atoms with Gasteiger partial charge < -0.3 is 24.6 Å². The topological polar surface area (TPSA) is 85.7 Å². The van der Waals surface area contributed by atoms with Gasteiger partial charge in [0.1, 0.15) is 11.5 Å². The number of anilines is 1. The van der Waals surface area contributed by atoms with E-state index in [1.54, 1.807) is 11.9 Å². The summed E-state index contributed by atoms with van der Waals surface area (Å²) in [5, 5.41) is 17.3. The highest BCUT2D eigenvalue weighted by atomic mass is 32.2. The maximum Gasteiger partial charge on any atom is 0.416 e. The Morgan fingerprint density at radius 3 is 2.50 bits per heavy atom. The third kappa shape index (κ3) is 6.52. The fourth-order valence-corrected chi connectivity index (χ4v) is 7.66. The van der Waals surface area contributed by atoms with Gasteiger partial charge in [0.15, 0.2) is 0 Å². The largest absolute Gasteiger partial charge is 0.416 e. The minimum atomic E-state index is -4.38. The van der Waals surface area contributed by atoms with E-state index < -0.39 is 17.8 Å². The molecule has 1 atom stereocenters. The van der Waals surface area contributed by atoms with Crippen LogP contribution < -0.4 is 4.90 Å². The highest BCUT2D eigenvalue weighted by Gasteiger charge is 2.32. The number of nitrogens with zero attached hydrogens (tertiary/aromatic N) is 6. The van der Waals surface area contributed by atoms with Crippen molar-refractivity contribution in [1.29, 1.82) is 0 Å². The lowest BCUT2D eigenvalue weighted by molar-refractivity contribution is -0.137. The first-order chi connectivity index (χ1) is 22.3. The summed E-state index contributed by atoms with van der Waals surface area (Å²) in [6, 6.07) is 9.54. The number of rotatable bonds is 8. The standard InChI is InChI=1S/C33H40F3N7O2S/c1-46-42-13-10-29-28(21-42)31(23-2-4-24(5-3-23)33(34,35)36)39-43(29)20-25(44)19-40-11-8-22(9-12-40)27-18-37-32-26(27)6-7-30(38-32)41-14-16-45-17-15-41/h2-7,18,22,25,44H,8-17,19-21H2,1H3,(H,37,38). The maximum absolute atomic E-state index is 13.2. The van der Waals surface area contributed by atoms with Crippen LogP contribution in [0.5, 0.6) is 0 Å². The third-order valence-corrected chi connectivity index (χ3v) is 10.4. The molecule has 2 N–H and O–H groups in total. The van der Waals surface area contributed by atoms with Crippen LogP contribution in [0.4, 0.5) is 19.0 Å². The van der Waals surface area contributed by atoms with Gasteiger partial charge in [0, 0.05) is 67.5 Å².